The van der Waals surface area contributed by atoms with Crippen LogP contribution >= 0.6 is 0 Å². The Labute approximate surface area is 117 Å². The molecule has 104 valence electrons. The Hall–Kier alpha value is -1.28. The Morgan fingerprint density at radius 3 is 2.42 bits per heavy atom. The largest absolute Gasteiger partial charge is 0.256 e. The van der Waals surface area contributed by atoms with Gasteiger partial charge in [-0.3, -0.25) is 9.19 Å². The van der Waals surface area contributed by atoms with E-state index >= 15 is 0 Å². The van der Waals surface area contributed by atoms with Crippen molar-refractivity contribution in [2.45, 2.75) is 45.6 Å². The van der Waals surface area contributed by atoms with Crippen LogP contribution in [0.1, 0.15) is 39.1 Å². The highest BCUT2D eigenvalue weighted by Gasteiger charge is 2.15. The summed E-state index contributed by atoms with van der Waals surface area (Å²) >= 11 is 0. The van der Waals surface area contributed by atoms with Crippen molar-refractivity contribution in [1.29, 1.82) is 5.26 Å². The summed E-state index contributed by atoms with van der Waals surface area (Å²) < 4.78 is 12.1. The quantitative estimate of drug-likeness (QED) is 0.802. The zero-order chi connectivity index (χ0) is 14.4. The molecule has 0 aromatic carbocycles. The second-order valence-corrected chi connectivity index (χ2v) is 6.82. The van der Waals surface area contributed by atoms with Gasteiger partial charge in [-0.15, -0.1) is 0 Å². The average molecular weight is 279 g/mol. The number of nitrogens with zero attached hydrogens (tertiary/aromatic N) is 3. The third kappa shape index (κ3) is 5.07. The van der Waals surface area contributed by atoms with Gasteiger partial charge in [-0.2, -0.15) is 5.26 Å². The van der Waals surface area contributed by atoms with Gasteiger partial charge in [0.2, 0.25) is 0 Å². The van der Waals surface area contributed by atoms with Crippen LogP contribution in [0.4, 0.5) is 0 Å². The normalized spacial score (nSPS) is 12.7. The summed E-state index contributed by atoms with van der Waals surface area (Å²) in [5.41, 5.74) is 1.61. The van der Waals surface area contributed by atoms with Crippen molar-refractivity contribution >= 4 is 10.8 Å². The Morgan fingerprint density at radius 2 is 1.89 bits per heavy atom. The molecule has 0 aliphatic heterocycles. The third-order valence-electron chi connectivity index (χ3n) is 2.49. The second kappa shape index (κ2) is 7.34. The van der Waals surface area contributed by atoms with Gasteiger partial charge in [0, 0.05) is 6.20 Å². The molecule has 0 bridgehead atoms. The van der Waals surface area contributed by atoms with Gasteiger partial charge >= 0.3 is 0 Å². The van der Waals surface area contributed by atoms with Crippen LogP contribution in [0.25, 0.3) is 0 Å². The summed E-state index contributed by atoms with van der Waals surface area (Å²) in [7, 11) is -1.37. The van der Waals surface area contributed by atoms with Crippen molar-refractivity contribution < 1.29 is 4.21 Å². The average Bonchev–Trinajstić information content (AvgIpc) is 2.30. The van der Waals surface area contributed by atoms with Gasteiger partial charge in [0.15, 0.2) is 0 Å². The van der Waals surface area contributed by atoms with E-state index in [-0.39, 0.29) is 5.75 Å². The second-order valence-electron chi connectivity index (χ2n) is 5.46. The lowest BCUT2D eigenvalue weighted by atomic mass is 10.1. The van der Waals surface area contributed by atoms with Gasteiger partial charge < -0.3 is 0 Å². The standard InChI is InChI=1S/C14H21N3OS/c1-10(2)7-12-9-16-13(8-11(3)4)14(17-12)19(18)6-5-15/h9-11H,6-8H2,1-4H3. The number of aromatic nitrogens is 2. The first-order chi connectivity index (χ1) is 8.93. The summed E-state index contributed by atoms with van der Waals surface area (Å²) in [5.74, 6) is 0.871. The predicted octanol–water partition coefficient (Wildman–Crippen LogP) is 2.50. The van der Waals surface area contributed by atoms with Crippen LogP contribution in [0.2, 0.25) is 0 Å². The molecule has 0 saturated heterocycles. The number of rotatable bonds is 6. The van der Waals surface area contributed by atoms with Crippen LogP contribution in [0.15, 0.2) is 11.2 Å². The van der Waals surface area contributed by atoms with Crippen molar-refractivity contribution in [3.63, 3.8) is 0 Å². The van der Waals surface area contributed by atoms with E-state index in [9.17, 15) is 4.21 Å². The van der Waals surface area contributed by atoms with E-state index in [4.69, 9.17) is 5.26 Å². The molecule has 0 aliphatic carbocycles. The first-order valence-corrected chi connectivity index (χ1v) is 7.86. The summed E-state index contributed by atoms with van der Waals surface area (Å²) in [5, 5.41) is 9.19. The summed E-state index contributed by atoms with van der Waals surface area (Å²) in [6, 6.07) is 1.94. The van der Waals surface area contributed by atoms with Gasteiger partial charge in [-0.25, -0.2) is 4.98 Å². The van der Waals surface area contributed by atoms with Crippen LogP contribution in [0.5, 0.6) is 0 Å². The Kier molecular flexibility index (Phi) is 6.10. The van der Waals surface area contributed by atoms with Crippen LogP contribution in [0.3, 0.4) is 0 Å². The Morgan fingerprint density at radius 1 is 1.26 bits per heavy atom. The maximum Gasteiger partial charge on any atom is 0.150 e. The molecule has 1 heterocycles. The maximum absolute atomic E-state index is 12.1. The lowest BCUT2D eigenvalue weighted by molar-refractivity contribution is 0.598. The zero-order valence-electron chi connectivity index (χ0n) is 12.0. The molecule has 19 heavy (non-hydrogen) atoms. The minimum Gasteiger partial charge on any atom is -0.256 e. The molecule has 0 fully saturated rings. The van der Waals surface area contributed by atoms with Crippen molar-refractivity contribution in [3.05, 3.63) is 17.6 Å². The van der Waals surface area contributed by atoms with E-state index in [1.54, 1.807) is 6.20 Å². The van der Waals surface area contributed by atoms with E-state index in [1.807, 2.05) is 6.07 Å². The lowest BCUT2D eigenvalue weighted by Gasteiger charge is -2.11. The molecular formula is C14H21N3OS. The van der Waals surface area contributed by atoms with Gasteiger partial charge in [0.05, 0.1) is 28.3 Å². The van der Waals surface area contributed by atoms with Crippen molar-refractivity contribution in [2.24, 2.45) is 11.8 Å². The third-order valence-corrected chi connectivity index (χ3v) is 3.64. The molecular weight excluding hydrogens is 258 g/mol. The lowest BCUT2D eigenvalue weighted by Crippen LogP contribution is -2.11. The fourth-order valence-corrected chi connectivity index (χ4v) is 2.66. The number of nitriles is 1. The maximum atomic E-state index is 12.1. The smallest absolute Gasteiger partial charge is 0.150 e. The molecule has 1 aromatic rings. The molecule has 0 N–H and O–H groups in total. The highest BCUT2D eigenvalue weighted by molar-refractivity contribution is 7.85. The molecule has 5 heteroatoms. The van der Waals surface area contributed by atoms with E-state index < -0.39 is 10.8 Å². The van der Waals surface area contributed by atoms with Crippen molar-refractivity contribution in [2.75, 3.05) is 5.75 Å². The summed E-state index contributed by atoms with van der Waals surface area (Å²) in [6.07, 6.45) is 3.32. The van der Waals surface area contributed by atoms with Crippen molar-refractivity contribution in [1.82, 2.24) is 9.97 Å². The fourth-order valence-electron chi connectivity index (χ4n) is 1.78. The van der Waals surface area contributed by atoms with Crippen molar-refractivity contribution in [3.8, 4) is 6.07 Å². The number of hydrogen-bond donors (Lipinski definition) is 0. The molecule has 0 radical (unpaired) electrons. The van der Waals surface area contributed by atoms with Crippen LogP contribution in [0, 0.1) is 23.2 Å². The number of hydrogen-bond acceptors (Lipinski definition) is 4. The Bertz CT molecular complexity index is 492. The van der Waals surface area contributed by atoms with Gasteiger partial charge in [-0.1, -0.05) is 27.7 Å². The molecule has 0 amide bonds. The van der Waals surface area contributed by atoms with Gasteiger partial charge in [-0.05, 0) is 24.7 Å². The monoisotopic (exact) mass is 279 g/mol. The van der Waals surface area contributed by atoms with E-state index in [2.05, 4.69) is 37.7 Å². The highest BCUT2D eigenvalue weighted by Crippen LogP contribution is 2.15. The molecule has 1 unspecified atom stereocenters. The van der Waals surface area contributed by atoms with E-state index in [1.165, 1.54) is 0 Å². The molecule has 0 spiro atoms. The molecule has 1 rings (SSSR count). The van der Waals surface area contributed by atoms with E-state index in [0.717, 1.165) is 24.2 Å². The van der Waals surface area contributed by atoms with Gasteiger partial charge in [0.1, 0.15) is 10.8 Å². The molecule has 0 aliphatic rings. The highest BCUT2D eigenvalue weighted by atomic mass is 32.2. The summed E-state index contributed by atoms with van der Waals surface area (Å²) in [4.78, 5) is 8.88. The van der Waals surface area contributed by atoms with Crippen LogP contribution in [-0.4, -0.2) is 19.9 Å². The first kappa shape index (κ1) is 15.8. The summed E-state index contributed by atoms with van der Waals surface area (Å²) in [6.45, 7) is 8.38. The predicted molar refractivity (Wildman–Crippen MR) is 76.0 cm³/mol. The first-order valence-electron chi connectivity index (χ1n) is 6.54. The van der Waals surface area contributed by atoms with Gasteiger partial charge in [0.25, 0.3) is 0 Å². The van der Waals surface area contributed by atoms with E-state index in [0.29, 0.717) is 16.9 Å². The molecule has 4 nitrogen and oxygen atoms in total. The minimum absolute atomic E-state index is 0.0229. The van der Waals surface area contributed by atoms with Crippen LogP contribution < -0.4 is 0 Å². The fraction of sp³-hybridized carbons (Fsp3) is 0.643. The molecule has 1 aromatic heterocycles. The molecule has 0 saturated carbocycles. The zero-order valence-corrected chi connectivity index (χ0v) is 12.8. The minimum atomic E-state index is -1.37. The topological polar surface area (TPSA) is 66.6 Å². The SMILES string of the molecule is CC(C)Cc1cnc(CC(C)C)c(S(=O)CC#N)n1. The van der Waals surface area contributed by atoms with Crippen LogP contribution in [-0.2, 0) is 23.6 Å². The Balaban J connectivity index is 3.11. The molecule has 1 atom stereocenters.